The van der Waals surface area contributed by atoms with Gasteiger partial charge in [0, 0.05) is 24.6 Å². The van der Waals surface area contributed by atoms with Crippen LogP contribution in [0.3, 0.4) is 0 Å². The van der Waals surface area contributed by atoms with Crippen molar-refractivity contribution in [3.8, 4) is 0 Å². The average Bonchev–Trinajstić information content (AvgIpc) is 3.47. The van der Waals surface area contributed by atoms with Crippen molar-refractivity contribution < 1.29 is 14.1 Å². The molecule has 0 unspecified atom stereocenters. The summed E-state index contributed by atoms with van der Waals surface area (Å²) >= 11 is 0. The maximum Gasteiger partial charge on any atom is 0.251 e. The van der Waals surface area contributed by atoms with E-state index in [1.165, 1.54) is 12.8 Å². The predicted octanol–water partition coefficient (Wildman–Crippen LogP) is 4.47. The lowest BCUT2D eigenvalue weighted by molar-refractivity contribution is -0.118. The van der Waals surface area contributed by atoms with Gasteiger partial charge in [0.05, 0.1) is 0 Å². The zero-order valence-electron chi connectivity index (χ0n) is 18.7. The van der Waals surface area contributed by atoms with E-state index in [2.05, 4.69) is 15.8 Å². The summed E-state index contributed by atoms with van der Waals surface area (Å²) in [4.78, 5) is 29.4. The third-order valence-corrected chi connectivity index (χ3v) is 6.72. The predicted molar refractivity (Wildman–Crippen MR) is 122 cm³/mol. The van der Waals surface area contributed by atoms with E-state index in [-0.39, 0.29) is 11.8 Å². The Morgan fingerprint density at radius 3 is 2.38 bits per heavy atom. The molecule has 2 aliphatic rings. The number of carbonyl (C=O) groups excluding carboxylic acids is 2. The summed E-state index contributed by atoms with van der Waals surface area (Å²) in [7, 11) is 1.60. The largest absolute Gasteiger partial charge is 0.355 e. The molecule has 4 rings (SSSR count). The number of carbonyl (C=O) groups is 2. The smallest absolute Gasteiger partial charge is 0.251 e. The summed E-state index contributed by atoms with van der Waals surface area (Å²) in [5.74, 6) is 1.40. The number of rotatable bonds is 6. The number of hydrogen-bond acceptors (Lipinski definition) is 5. The summed E-state index contributed by atoms with van der Waals surface area (Å²) in [5.41, 5.74) is 0.855. The Hall–Kier alpha value is -2.96. The highest BCUT2D eigenvalue weighted by molar-refractivity contribution is 5.95. The molecule has 1 heterocycles. The Morgan fingerprint density at radius 2 is 1.72 bits per heavy atom. The van der Waals surface area contributed by atoms with Gasteiger partial charge in [0.2, 0.25) is 11.8 Å². The van der Waals surface area contributed by atoms with E-state index in [0.29, 0.717) is 17.3 Å². The van der Waals surface area contributed by atoms with Crippen LogP contribution in [0.25, 0.3) is 6.08 Å². The molecule has 7 nitrogen and oxygen atoms in total. The molecule has 1 aromatic heterocycles. The van der Waals surface area contributed by atoms with E-state index >= 15 is 0 Å². The van der Waals surface area contributed by atoms with Crippen LogP contribution in [-0.4, -0.2) is 29.0 Å². The maximum absolute atomic E-state index is 12.9. The Bertz CT molecular complexity index is 950. The van der Waals surface area contributed by atoms with Crippen LogP contribution >= 0.6 is 0 Å². The van der Waals surface area contributed by atoms with Crippen molar-refractivity contribution in [1.29, 1.82) is 0 Å². The highest BCUT2D eigenvalue weighted by Crippen LogP contribution is 2.37. The number of nitrogens with one attached hydrogen (secondary N) is 2. The molecule has 32 heavy (non-hydrogen) atoms. The summed E-state index contributed by atoms with van der Waals surface area (Å²) < 4.78 is 5.66. The van der Waals surface area contributed by atoms with E-state index in [9.17, 15) is 9.59 Å². The standard InChI is InChI=1S/C25H32N4O3/c1-26-22(31)19-13-10-18(11-14-19)12-15-21(30)28-25(16-6-2-3-7-17-25)24-27-23(32-29-24)20-8-4-5-9-20/h10-15,20H,2-9,16-17H2,1H3,(H,26,31)(H,28,30). The third-order valence-electron chi connectivity index (χ3n) is 6.72. The first-order valence-electron chi connectivity index (χ1n) is 11.8. The van der Waals surface area contributed by atoms with Crippen LogP contribution < -0.4 is 10.6 Å². The molecule has 1 aromatic carbocycles. The monoisotopic (exact) mass is 436 g/mol. The van der Waals surface area contributed by atoms with Gasteiger partial charge in [-0.1, -0.05) is 55.8 Å². The van der Waals surface area contributed by atoms with E-state index in [1.807, 2.05) is 12.1 Å². The van der Waals surface area contributed by atoms with Crippen molar-refractivity contribution in [2.24, 2.45) is 0 Å². The highest BCUT2D eigenvalue weighted by Gasteiger charge is 2.39. The lowest BCUT2D eigenvalue weighted by Crippen LogP contribution is -2.46. The van der Waals surface area contributed by atoms with Gasteiger partial charge in [-0.05, 0) is 49.5 Å². The molecule has 7 heteroatoms. The van der Waals surface area contributed by atoms with Crippen LogP contribution in [0.4, 0.5) is 0 Å². The maximum atomic E-state index is 12.9. The lowest BCUT2D eigenvalue weighted by atomic mass is 9.89. The SMILES string of the molecule is CNC(=O)c1ccc(C=CC(=O)NC2(c3noc(C4CCCC4)n3)CCCCCC2)cc1. The van der Waals surface area contributed by atoms with Crippen molar-refractivity contribution in [2.45, 2.75) is 75.7 Å². The fourth-order valence-electron chi connectivity index (χ4n) is 4.84. The fraction of sp³-hybridized carbons (Fsp3) is 0.520. The second-order valence-electron chi connectivity index (χ2n) is 8.96. The number of amides is 2. The van der Waals surface area contributed by atoms with E-state index in [1.54, 1.807) is 31.3 Å². The van der Waals surface area contributed by atoms with Gasteiger partial charge in [0.15, 0.2) is 5.82 Å². The molecule has 2 amide bonds. The number of nitrogens with zero attached hydrogens (tertiary/aromatic N) is 2. The highest BCUT2D eigenvalue weighted by atomic mass is 16.5. The van der Waals surface area contributed by atoms with Gasteiger partial charge in [0.25, 0.3) is 5.91 Å². The number of hydrogen-bond donors (Lipinski definition) is 2. The number of benzene rings is 1. The summed E-state index contributed by atoms with van der Waals surface area (Å²) in [5, 5.41) is 10.2. The normalized spacial score (nSPS) is 19.0. The zero-order chi connectivity index (χ0) is 22.4. The van der Waals surface area contributed by atoms with Crippen molar-refractivity contribution in [3.05, 3.63) is 53.2 Å². The molecule has 0 spiro atoms. The van der Waals surface area contributed by atoms with E-state index < -0.39 is 5.54 Å². The van der Waals surface area contributed by atoms with Gasteiger partial charge in [-0.25, -0.2) is 0 Å². The molecular weight excluding hydrogens is 404 g/mol. The second kappa shape index (κ2) is 10.1. The average molecular weight is 437 g/mol. The Balaban J connectivity index is 1.49. The topological polar surface area (TPSA) is 97.1 Å². The Labute approximate surface area is 189 Å². The first-order chi connectivity index (χ1) is 15.6. The second-order valence-corrected chi connectivity index (χ2v) is 8.96. The van der Waals surface area contributed by atoms with Crippen molar-refractivity contribution in [2.75, 3.05) is 7.05 Å². The minimum Gasteiger partial charge on any atom is -0.355 e. The van der Waals surface area contributed by atoms with E-state index in [0.717, 1.165) is 62.8 Å². The minimum absolute atomic E-state index is 0.134. The molecule has 2 aliphatic carbocycles. The van der Waals surface area contributed by atoms with Gasteiger partial charge in [-0.15, -0.1) is 0 Å². The molecule has 0 bridgehead atoms. The first-order valence-corrected chi connectivity index (χ1v) is 11.8. The van der Waals surface area contributed by atoms with Crippen LogP contribution in [0.15, 0.2) is 34.9 Å². The summed E-state index contributed by atoms with van der Waals surface area (Å²) in [6, 6.07) is 7.13. The van der Waals surface area contributed by atoms with Crippen molar-refractivity contribution in [1.82, 2.24) is 20.8 Å². The molecule has 0 saturated heterocycles. The third kappa shape index (κ3) is 5.09. The van der Waals surface area contributed by atoms with Crippen LogP contribution in [0, 0.1) is 0 Å². The molecule has 2 saturated carbocycles. The lowest BCUT2D eigenvalue weighted by Gasteiger charge is -2.30. The molecule has 0 atom stereocenters. The summed E-state index contributed by atoms with van der Waals surface area (Å²) in [6.45, 7) is 0. The molecule has 0 radical (unpaired) electrons. The number of aromatic nitrogens is 2. The first kappa shape index (κ1) is 22.2. The molecular formula is C25H32N4O3. The van der Waals surface area contributed by atoms with Crippen LogP contribution in [0.2, 0.25) is 0 Å². The molecule has 170 valence electrons. The summed E-state index contributed by atoms with van der Waals surface area (Å²) in [6.07, 6.45) is 13.9. The Kier molecular flexibility index (Phi) is 7.02. The zero-order valence-corrected chi connectivity index (χ0v) is 18.7. The van der Waals surface area contributed by atoms with Crippen LogP contribution in [0.1, 0.15) is 97.8 Å². The quantitative estimate of drug-likeness (QED) is 0.514. The van der Waals surface area contributed by atoms with Gasteiger partial charge in [-0.3, -0.25) is 9.59 Å². The van der Waals surface area contributed by atoms with Gasteiger partial charge < -0.3 is 15.2 Å². The fourth-order valence-corrected chi connectivity index (χ4v) is 4.84. The van der Waals surface area contributed by atoms with Gasteiger partial charge in [0.1, 0.15) is 5.54 Å². The molecule has 2 aromatic rings. The molecule has 2 fully saturated rings. The van der Waals surface area contributed by atoms with E-state index in [4.69, 9.17) is 9.51 Å². The van der Waals surface area contributed by atoms with Crippen LogP contribution in [-0.2, 0) is 10.3 Å². The minimum atomic E-state index is -0.582. The van der Waals surface area contributed by atoms with Gasteiger partial charge in [-0.2, -0.15) is 4.98 Å². The molecule has 0 aliphatic heterocycles. The Morgan fingerprint density at radius 1 is 1.03 bits per heavy atom. The van der Waals surface area contributed by atoms with Gasteiger partial charge >= 0.3 is 0 Å². The molecule has 2 N–H and O–H groups in total. The van der Waals surface area contributed by atoms with Crippen molar-refractivity contribution >= 4 is 17.9 Å². The van der Waals surface area contributed by atoms with Crippen molar-refractivity contribution in [3.63, 3.8) is 0 Å². The van der Waals surface area contributed by atoms with Crippen LogP contribution in [0.5, 0.6) is 0 Å².